The molecule has 0 fully saturated rings. The lowest BCUT2D eigenvalue weighted by Gasteiger charge is -2.47. The fourth-order valence-electron chi connectivity index (χ4n) is 4.19. The van der Waals surface area contributed by atoms with Crippen LogP contribution in [0.5, 0.6) is 0 Å². The van der Waals surface area contributed by atoms with E-state index in [0.29, 0.717) is 0 Å². The maximum absolute atomic E-state index is 2.68. The van der Waals surface area contributed by atoms with Crippen molar-refractivity contribution in [2.24, 2.45) is 0 Å². The zero-order valence-corrected chi connectivity index (χ0v) is 17.1. The van der Waals surface area contributed by atoms with E-state index in [2.05, 4.69) is 99.3 Å². The molecule has 1 heterocycles. The summed E-state index contributed by atoms with van der Waals surface area (Å²) in [6.07, 6.45) is 4.81. The monoisotopic (exact) mass is 349 g/mol. The lowest BCUT2D eigenvalue weighted by Crippen LogP contribution is -2.70. The molecule has 2 aromatic carbocycles. The van der Waals surface area contributed by atoms with Crippen molar-refractivity contribution < 1.29 is 0 Å². The highest BCUT2D eigenvalue weighted by atomic mass is 28.3. The Labute approximate surface area is 154 Å². The molecule has 0 unspecified atom stereocenters. The van der Waals surface area contributed by atoms with Crippen LogP contribution in [0, 0.1) is 0 Å². The molecule has 0 bridgehead atoms. The van der Waals surface area contributed by atoms with E-state index in [-0.39, 0.29) is 5.04 Å². The summed E-state index contributed by atoms with van der Waals surface area (Å²) >= 11 is 0. The third-order valence-corrected chi connectivity index (χ3v) is 11.9. The van der Waals surface area contributed by atoms with Crippen LogP contribution in [0.1, 0.15) is 34.1 Å². The lowest BCUT2D eigenvalue weighted by molar-refractivity contribution is 0.333. The van der Waals surface area contributed by atoms with E-state index in [4.69, 9.17) is 0 Å². The lowest BCUT2D eigenvalue weighted by atomic mass is 10.1. The molecule has 0 radical (unpaired) electrons. The van der Waals surface area contributed by atoms with Crippen LogP contribution < -0.4 is 10.4 Å². The number of benzene rings is 2. The smallest absolute Gasteiger partial charge is 0.136 e. The molecular weight excluding hydrogens is 318 g/mol. The summed E-state index contributed by atoms with van der Waals surface area (Å²) in [5, 5.41) is 3.35. The van der Waals surface area contributed by atoms with Gasteiger partial charge < -0.3 is 4.90 Å². The molecule has 1 aliphatic heterocycles. The SMILES string of the molecule is CC1=CCN(C[Si](c2ccccc2)(c2ccccc2)C(C)(C)C)CC1. The number of hydrogen-bond donors (Lipinski definition) is 0. The van der Waals surface area contributed by atoms with Crippen molar-refractivity contribution in [3.63, 3.8) is 0 Å². The summed E-state index contributed by atoms with van der Waals surface area (Å²) in [6.45, 7) is 11.9. The predicted molar refractivity (Wildman–Crippen MR) is 112 cm³/mol. The second kappa shape index (κ2) is 7.31. The third-order valence-electron chi connectivity index (χ3n) is 5.79. The van der Waals surface area contributed by atoms with Crippen molar-refractivity contribution >= 4 is 18.4 Å². The Morgan fingerprint density at radius 3 is 1.80 bits per heavy atom. The highest BCUT2D eigenvalue weighted by Gasteiger charge is 2.48. The Balaban J connectivity index is 2.12. The van der Waals surface area contributed by atoms with Crippen molar-refractivity contribution in [1.82, 2.24) is 4.90 Å². The maximum Gasteiger partial charge on any atom is 0.136 e. The van der Waals surface area contributed by atoms with Gasteiger partial charge in [0, 0.05) is 19.3 Å². The first-order valence-corrected chi connectivity index (χ1v) is 11.6. The van der Waals surface area contributed by atoms with E-state index in [0.717, 1.165) is 6.54 Å². The fourth-order valence-corrected chi connectivity index (χ4v) is 9.58. The molecule has 0 N–H and O–H groups in total. The van der Waals surface area contributed by atoms with Crippen LogP contribution in [-0.2, 0) is 0 Å². The summed E-state index contributed by atoms with van der Waals surface area (Å²) in [7, 11) is -1.96. The molecule has 1 nitrogen and oxygen atoms in total. The molecule has 1 aliphatic rings. The summed E-state index contributed by atoms with van der Waals surface area (Å²) in [5.41, 5.74) is 1.54. The van der Waals surface area contributed by atoms with Crippen molar-refractivity contribution in [1.29, 1.82) is 0 Å². The van der Waals surface area contributed by atoms with E-state index in [1.165, 1.54) is 19.1 Å². The van der Waals surface area contributed by atoms with Gasteiger partial charge in [-0.05, 0) is 18.4 Å². The Hall–Kier alpha value is -1.64. The number of nitrogens with zero attached hydrogens (tertiary/aromatic N) is 1. The average molecular weight is 350 g/mol. The normalized spacial score (nSPS) is 16.6. The third kappa shape index (κ3) is 3.65. The largest absolute Gasteiger partial charge is 0.301 e. The van der Waals surface area contributed by atoms with E-state index >= 15 is 0 Å². The Morgan fingerprint density at radius 2 is 1.40 bits per heavy atom. The molecule has 132 valence electrons. The topological polar surface area (TPSA) is 3.24 Å². The van der Waals surface area contributed by atoms with Gasteiger partial charge in [-0.2, -0.15) is 0 Å². The van der Waals surface area contributed by atoms with Crippen LogP contribution in [-0.4, -0.2) is 32.2 Å². The van der Waals surface area contributed by atoms with Gasteiger partial charge >= 0.3 is 0 Å². The van der Waals surface area contributed by atoms with E-state index in [1.54, 1.807) is 15.9 Å². The van der Waals surface area contributed by atoms with Crippen LogP contribution >= 0.6 is 0 Å². The first-order chi connectivity index (χ1) is 11.9. The van der Waals surface area contributed by atoms with Gasteiger partial charge in [0.15, 0.2) is 0 Å². The molecule has 0 saturated heterocycles. The van der Waals surface area contributed by atoms with Crippen LogP contribution in [0.15, 0.2) is 72.3 Å². The molecule has 0 atom stereocenters. The van der Waals surface area contributed by atoms with Crippen molar-refractivity contribution in [3.8, 4) is 0 Å². The zero-order chi connectivity index (χ0) is 17.9. The fraction of sp³-hybridized carbons (Fsp3) is 0.391. The molecule has 0 amide bonds. The summed E-state index contributed by atoms with van der Waals surface area (Å²) in [4.78, 5) is 2.68. The van der Waals surface area contributed by atoms with E-state index in [9.17, 15) is 0 Å². The first-order valence-electron chi connectivity index (χ1n) is 9.42. The van der Waals surface area contributed by atoms with Gasteiger partial charge in [0.2, 0.25) is 0 Å². The Bertz CT molecular complexity index is 673. The maximum atomic E-state index is 2.68. The summed E-state index contributed by atoms with van der Waals surface area (Å²) < 4.78 is 0. The van der Waals surface area contributed by atoms with Crippen LogP contribution in [0.2, 0.25) is 5.04 Å². The second-order valence-electron chi connectivity index (χ2n) is 8.42. The zero-order valence-electron chi connectivity index (χ0n) is 16.1. The Kier molecular flexibility index (Phi) is 5.31. The van der Waals surface area contributed by atoms with Crippen LogP contribution in [0.4, 0.5) is 0 Å². The number of hydrogen-bond acceptors (Lipinski definition) is 1. The molecule has 0 saturated carbocycles. The minimum absolute atomic E-state index is 0.242. The average Bonchev–Trinajstić information content (AvgIpc) is 2.62. The molecule has 2 aromatic rings. The van der Waals surface area contributed by atoms with Gasteiger partial charge in [-0.1, -0.05) is 103 Å². The molecule has 2 heteroatoms. The standard InChI is InChI=1S/C23H31NSi/c1-20-15-17-24(18-16-20)19-25(23(2,3)4,21-11-7-5-8-12-21)22-13-9-6-10-14-22/h5-15H,16-19H2,1-4H3. The minimum atomic E-state index is -1.96. The number of rotatable bonds is 4. The van der Waals surface area contributed by atoms with Gasteiger partial charge in [-0.15, -0.1) is 0 Å². The van der Waals surface area contributed by atoms with Crippen molar-refractivity contribution in [2.45, 2.75) is 39.2 Å². The highest BCUT2D eigenvalue weighted by molar-refractivity contribution is 7.04. The van der Waals surface area contributed by atoms with Crippen molar-refractivity contribution in [3.05, 3.63) is 72.3 Å². The predicted octanol–water partition coefficient (Wildman–Crippen LogP) is 4.24. The summed E-state index contributed by atoms with van der Waals surface area (Å²) in [6, 6.07) is 22.6. The van der Waals surface area contributed by atoms with Gasteiger partial charge in [-0.3, -0.25) is 0 Å². The molecule has 0 spiro atoms. The molecule has 25 heavy (non-hydrogen) atoms. The Morgan fingerprint density at radius 1 is 0.880 bits per heavy atom. The molecule has 0 aliphatic carbocycles. The molecule has 3 rings (SSSR count). The quantitative estimate of drug-likeness (QED) is 0.589. The first kappa shape index (κ1) is 18.2. The minimum Gasteiger partial charge on any atom is -0.301 e. The highest BCUT2D eigenvalue weighted by Crippen LogP contribution is 2.36. The summed E-state index contributed by atoms with van der Waals surface area (Å²) in [5.74, 6) is 0. The molecular formula is C23H31NSi. The van der Waals surface area contributed by atoms with E-state index < -0.39 is 8.07 Å². The van der Waals surface area contributed by atoms with Crippen LogP contribution in [0.3, 0.4) is 0 Å². The molecule has 0 aromatic heterocycles. The van der Waals surface area contributed by atoms with Crippen LogP contribution in [0.25, 0.3) is 0 Å². The van der Waals surface area contributed by atoms with E-state index in [1.807, 2.05) is 0 Å². The van der Waals surface area contributed by atoms with Gasteiger partial charge in [-0.25, -0.2) is 0 Å². The van der Waals surface area contributed by atoms with Crippen molar-refractivity contribution in [2.75, 3.05) is 19.3 Å². The second-order valence-corrected chi connectivity index (χ2v) is 13.2. The van der Waals surface area contributed by atoms with Gasteiger partial charge in [0.05, 0.1) is 0 Å². The van der Waals surface area contributed by atoms with Gasteiger partial charge in [0.25, 0.3) is 0 Å². The van der Waals surface area contributed by atoms with Gasteiger partial charge in [0.1, 0.15) is 8.07 Å².